The molecule has 7 nitrogen and oxygen atoms in total. The lowest BCUT2D eigenvalue weighted by Gasteiger charge is -2.30. The average molecular weight is 440 g/mol. The van der Waals surface area contributed by atoms with E-state index in [1.165, 1.54) is 0 Å². The summed E-state index contributed by atoms with van der Waals surface area (Å²) in [6.07, 6.45) is 2.37. The third-order valence-corrected chi connectivity index (χ3v) is 5.39. The number of nitrogens with one attached hydrogen (secondary N) is 2. The predicted molar refractivity (Wildman–Crippen MR) is 125 cm³/mol. The molecule has 1 heterocycles. The summed E-state index contributed by atoms with van der Waals surface area (Å²) in [5, 5.41) is 5.94. The van der Waals surface area contributed by atoms with Gasteiger partial charge in [0.1, 0.15) is 11.5 Å². The van der Waals surface area contributed by atoms with Crippen LogP contribution in [0.15, 0.2) is 54.6 Å². The van der Waals surface area contributed by atoms with Crippen molar-refractivity contribution in [1.82, 2.24) is 10.2 Å². The van der Waals surface area contributed by atoms with Gasteiger partial charge < -0.3 is 20.1 Å². The SMILES string of the molecule is CCOCCCNC(=O)C1CCN(CC(=O)Nc2cccc(Oc3ccccc3)c2)CC1. The number of ether oxygens (including phenoxy) is 2. The Morgan fingerprint density at radius 3 is 2.53 bits per heavy atom. The number of rotatable bonds is 11. The molecule has 1 saturated heterocycles. The summed E-state index contributed by atoms with van der Waals surface area (Å²) >= 11 is 0. The maximum Gasteiger partial charge on any atom is 0.238 e. The quantitative estimate of drug-likeness (QED) is 0.522. The minimum absolute atomic E-state index is 0.0215. The van der Waals surface area contributed by atoms with Crippen LogP contribution < -0.4 is 15.4 Å². The van der Waals surface area contributed by atoms with Crippen LogP contribution in [-0.4, -0.2) is 56.1 Å². The number of hydrogen-bond acceptors (Lipinski definition) is 5. The number of para-hydroxylation sites is 1. The van der Waals surface area contributed by atoms with Crippen molar-refractivity contribution in [3.8, 4) is 11.5 Å². The third kappa shape index (κ3) is 7.98. The number of piperidine rings is 1. The fourth-order valence-electron chi connectivity index (χ4n) is 3.69. The van der Waals surface area contributed by atoms with Gasteiger partial charge >= 0.3 is 0 Å². The summed E-state index contributed by atoms with van der Waals surface area (Å²) in [6, 6.07) is 16.9. The van der Waals surface area contributed by atoms with Crippen molar-refractivity contribution in [1.29, 1.82) is 0 Å². The van der Waals surface area contributed by atoms with Crippen LogP contribution in [0.5, 0.6) is 11.5 Å². The smallest absolute Gasteiger partial charge is 0.238 e. The van der Waals surface area contributed by atoms with Crippen LogP contribution in [0, 0.1) is 5.92 Å². The van der Waals surface area contributed by atoms with Crippen LogP contribution in [0.1, 0.15) is 26.2 Å². The van der Waals surface area contributed by atoms with Gasteiger partial charge in [-0.25, -0.2) is 0 Å². The van der Waals surface area contributed by atoms with Gasteiger partial charge in [-0.05, 0) is 63.5 Å². The highest BCUT2D eigenvalue weighted by Crippen LogP contribution is 2.24. The molecule has 0 saturated carbocycles. The lowest BCUT2D eigenvalue weighted by Crippen LogP contribution is -2.43. The molecule has 0 radical (unpaired) electrons. The molecule has 2 aromatic rings. The largest absolute Gasteiger partial charge is 0.457 e. The molecule has 0 unspecified atom stereocenters. The summed E-state index contributed by atoms with van der Waals surface area (Å²) in [6.45, 7) is 5.77. The lowest BCUT2D eigenvalue weighted by molar-refractivity contribution is -0.126. The highest BCUT2D eigenvalue weighted by Gasteiger charge is 2.25. The molecule has 0 aromatic heterocycles. The molecule has 0 bridgehead atoms. The third-order valence-electron chi connectivity index (χ3n) is 5.39. The van der Waals surface area contributed by atoms with Crippen molar-refractivity contribution < 1.29 is 19.1 Å². The molecule has 32 heavy (non-hydrogen) atoms. The zero-order valence-electron chi connectivity index (χ0n) is 18.7. The lowest BCUT2D eigenvalue weighted by atomic mass is 9.96. The second-order valence-corrected chi connectivity index (χ2v) is 7.88. The highest BCUT2D eigenvalue weighted by molar-refractivity contribution is 5.92. The van der Waals surface area contributed by atoms with Crippen LogP contribution in [0.3, 0.4) is 0 Å². The van der Waals surface area contributed by atoms with Gasteiger partial charge in [-0.15, -0.1) is 0 Å². The molecule has 1 fully saturated rings. The molecule has 2 aromatic carbocycles. The normalized spacial score (nSPS) is 14.7. The van der Waals surface area contributed by atoms with Gasteiger partial charge in [0.05, 0.1) is 6.54 Å². The highest BCUT2D eigenvalue weighted by atomic mass is 16.5. The molecule has 1 aliphatic heterocycles. The van der Waals surface area contributed by atoms with E-state index in [-0.39, 0.29) is 17.7 Å². The first-order chi connectivity index (χ1) is 15.6. The summed E-state index contributed by atoms with van der Waals surface area (Å²) in [7, 11) is 0. The van der Waals surface area contributed by atoms with Crippen molar-refractivity contribution in [3.05, 3.63) is 54.6 Å². The molecule has 0 atom stereocenters. The average Bonchev–Trinajstić information content (AvgIpc) is 2.80. The van der Waals surface area contributed by atoms with Gasteiger partial charge in [-0.3, -0.25) is 14.5 Å². The van der Waals surface area contributed by atoms with E-state index < -0.39 is 0 Å². The standard InChI is InChI=1S/C25H33N3O4/c1-2-31-17-7-14-26-25(30)20-12-15-28(16-13-20)19-24(29)27-21-8-6-11-23(18-21)32-22-9-4-3-5-10-22/h3-6,8-11,18,20H,2,7,12-17,19H2,1H3,(H,26,30)(H,27,29). The Morgan fingerprint density at radius 2 is 1.78 bits per heavy atom. The number of anilines is 1. The number of nitrogens with zero attached hydrogens (tertiary/aromatic N) is 1. The molecular weight excluding hydrogens is 406 g/mol. The Morgan fingerprint density at radius 1 is 1.03 bits per heavy atom. The monoisotopic (exact) mass is 439 g/mol. The van der Waals surface area contributed by atoms with E-state index >= 15 is 0 Å². The van der Waals surface area contributed by atoms with Crippen molar-refractivity contribution in [2.45, 2.75) is 26.2 Å². The van der Waals surface area contributed by atoms with Crippen LogP contribution in [0.25, 0.3) is 0 Å². The van der Waals surface area contributed by atoms with Crippen molar-refractivity contribution in [2.24, 2.45) is 5.92 Å². The fourth-order valence-corrected chi connectivity index (χ4v) is 3.69. The Balaban J connectivity index is 1.38. The zero-order chi connectivity index (χ0) is 22.6. The molecule has 1 aliphatic rings. The Bertz CT molecular complexity index is 851. The van der Waals surface area contributed by atoms with E-state index in [0.717, 1.165) is 38.1 Å². The minimum atomic E-state index is -0.0688. The summed E-state index contributed by atoms with van der Waals surface area (Å²) in [4.78, 5) is 26.9. The van der Waals surface area contributed by atoms with E-state index in [4.69, 9.17) is 9.47 Å². The number of carbonyl (C=O) groups is 2. The Labute approximate surface area is 190 Å². The Kier molecular flexibility index (Phi) is 9.53. The van der Waals surface area contributed by atoms with Crippen LogP contribution in [0.4, 0.5) is 5.69 Å². The van der Waals surface area contributed by atoms with Crippen LogP contribution in [0.2, 0.25) is 0 Å². The van der Waals surface area contributed by atoms with Gasteiger partial charge in [0.25, 0.3) is 0 Å². The minimum Gasteiger partial charge on any atom is -0.457 e. The van der Waals surface area contributed by atoms with Crippen molar-refractivity contribution >= 4 is 17.5 Å². The molecule has 172 valence electrons. The number of amides is 2. The van der Waals surface area contributed by atoms with Gasteiger partial charge in [0.2, 0.25) is 11.8 Å². The topological polar surface area (TPSA) is 79.9 Å². The summed E-state index contributed by atoms with van der Waals surface area (Å²) in [5.41, 5.74) is 0.699. The number of likely N-dealkylation sites (tertiary alicyclic amines) is 1. The second-order valence-electron chi connectivity index (χ2n) is 7.88. The molecular formula is C25H33N3O4. The van der Waals surface area contributed by atoms with Gasteiger partial charge in [0.15, 0.2) is 0 Å². The number of hydrogen-bond donors (Lipinski definition) is 2. The van der Waals surface area contributed by atoms with Gasteiger partial charge in [-0.1, -0.05) is 24.3 Å². The molecule has 2 N–H and O–H groups in total. The first-order valence-electron chi connectivity index (χ1n) is 11.3. The van der Waals surface area contributed by atoms with Crippen molar-refractivity contribution in [3.63, 3.8) is 0 Å². The van der Waals surface area contributed by atoms with Gasteiger partial charge in [0, 0.05) is 37.4 Å². The zero-order valence-corrected chi connectivity index (χ0v) is 18.7. The number of carbonyl (C=O) groups excluding carboxylic acids is 2. The first kappa shape index (κ1) is 23.8. The van der Waals surface area contributed by atoms with E-state index in [0.29, 0.717) is 37.7 Å². The van der Waals surface area contributed by atoms with E-state index in [9.17, 15) is 9.59 Å². The maximum atomic E-state index is 12.5. The summed E-state index contributed by atoms with van der Waals surface area (Å²) in [5.74, 6) is 1.48. The van der Waals surface area contributed by atoms with E-state index in [2.05, 4.69) is 15.5 Å². The summed E-state index contributed by atoms with van der Waals surface area (Å²) < 4.78 is 11.1. The molecule has 0 aliphatic carbocycles. The van der Waals surface area contributed by atoms with Gasteiger partial charge in [-0.2, -0.15) is 0 Å². The molecule has 0 spiro atoms. The molecule has 7 heteroatoms. The molecule has 3 rings (SSSR count). The Hall–Kier alpha value is -2.90. The predicted octanol–water partition coefficient (Wildman–Crippen LogP) is 3.67. The van der Waals surface area contributed by atoms with Crippen LogP contribution >= 0.6 is 0 Å². The maximum absolute atomic E-state index is 12.5. The molecule has 2 amide bonds. The number of benzene rings is 2. The van der Waals surface area contributed by atoms with Crippen LogP contribution in [-0.2, 0) is 14.3 Å². The second kappa shape index (κ2) is 12.8. The fraction of sp³-hybridized carbons (Fsp3) is 0.440. The first-order valence-corrected chi connectivity index (χ1v) is 11.3. The van der Waals surface area contributed by atoms with E-state index in [1.54, 1.807) is 0 Å². The van der Waals surface area contributed by atoms with Crippen molar-refractivity contribution in [2.75, 3.05) is 44.7 Å². The van der Waals surface area contributed by atoms with E-state index in [1.807, 2.05) is 61.5 Å².